The highest BCUT2D eigenvalue weighted by Gasteiger charge is 2.54. The molecule has 1 aromatic carbocycles. The van der Waals surface area contributed by atoms with E-state index in [4.69, 9.17) is 14.2 Å². The summed E-state index contributed by atoms with van der Waals surface area (Å²) in [7, 11) is 2.88. The number of nitrogens with zero attached hydrogens (tertiary/aromatic N) is 4. The van der Waals surface area contributed by atoms with Crippen molar-refractivity contribution in [1.29, 1.82) is 0 Å². The van der Waals surface area contributed by atoms with Crippen LogP contribution in [0.2, 0.25) is 0 Å². The van der Waals surface area contributed by atoms with Crippen LogP contribution in [-0.2, 0) is 19.0 Å². The van der Waals surface area contributed by atoms with Gasteiger partial charge in [0, 0.05) is 51.8 Å². The molecule has 3 fully saturated rings. The van der Waals surface area contributed by atoms with Crippen LogP contribution in [0.15, 0.2) is 18.3 Å². The number of hydrogen-bond donors (Lipinski definition) is 3. The summed E-state index contributed by atoms with van der Waals surface area (Å²) in [6, 6.07) is 0.0999. The summed E-state index contributed by atoms with van der Waals surface area (Å²) in [5.74, 6) is -8.04. The number of amides is 1. The maximum Gasteiger partial charge on any atom is 0.248 e. The first-order chi connectivity index (χ1) is 21.8. The number of methoxy groups -OCH3 is 1. The molecule has 2 aromatic rings. The number of rotatable bonds is 9. The van der Waals surface area contributed by atoms with Gasteiger partial charge < -0.3 is 34.4 Å². The summed E-state index contributed by atoms with van der Waals surface area (Å²) in [6.07, 6.45) is -3.48. The molecular formula is C29H37F5N4O7S. The SMILES string of the molecule is CO[C@@H]1[C@@H](n2cc(-c3cc(F)c(F)c(F)c3)nn2)[C@@H](O)[C@@H](CO)O[C@H]1S[C@H](C(=O)N(C)C1CCOCC1)C1(O)CCC(F)(F)CC1. The number of carbonyl (C=O) groups excluding carboxylic acids is 1. The first kappa shape index (κ1) is 34.9. The Morgan fingerprint density at radius 2 is 1.80 bits per heavy atom. The number of ether oxygens (including phenoxy) is 3. The normalized spacial score (nSPS) is 29.0. The Hall–Kier alpha value is -2.41. The summed E-state index contributed by atoms with van der Waals surface area (Å²) >= 11 is 0.843. The van der Waals surface area contributed by atoms with E-state index in [0.29, 0.717) is 26.1 Å². The van der Waals surface area contributed by atoms with Crippen LogP contribution in [0.1, 0.15) is 44.6 Å². The second-order valence-corrected chi connectivity index (χ2v) is 13.2. The molecule has 11 nitrogen and oxygen atoms in total. The van der Waals surface area contributed by atoms with Crippen LogP contribution in [-0.4, -0.2) is 122 Å². The smallest absolute Gasteiger partial charge is 0.248 e. The number of hydrogen-bond acceptors (Lipinski definition) is 10. The molecule has 6 atom stereocenters. The minimum atomic E-state index is -2.99. The van der Waals surface area contributed by atoms with Crippen molar-refractivity contribution >= 4 is 17.7 Å². The minimum Gasteiger partial charge on any atom is -0.394 e. The van der Waals surface area contributed by atoms with E-state index >= 15 is 0 Å². The minimum absolute atomic E-state index is 0.0697. The lowest BCUT2D eigenvalue weighted by molar-refractivity contribution is -0.186. The summed E-state index contributed by atoms with van der Waals surface area (Å²) < 4.78 is 88.1. The van der Waals surface area contributed by atoms with Gasteiger partial charge in [-0.15, -0.1) is 16.9 Å². The summed E-state index contributed by atoms with van der Waals surface area (Å²) in [5.41, 5.74) is -3.21. The molecule has 3 aliphatic rings. The molecule has 2 saturated heterocycles. The van der Waals surface area contributed by atoms with Gasteiger partial charge in [-0.2, -0.15) is 0 Å². The molecule has 0 bridgehead atoms. The number of aliphatic hydroxyl groups is 3. The molecule has 2 aliphatic heterocycles. The molecule has 1 amide bonds. The van der Waals surface area contributed by atoms with Crippen LogP contribution in [0, 0.1) is 17.5 Å². The Balaban J connectivity index is 1.47. The maximum atomic E-state index is 14.2. The molecule has 3 heterocycles. The molecule has 3 N–H and O–H groups in total. The molecular weight excluding hydrogens is 643 g/mol. The predicted octanol–water partition coefficient (Wildman–Crippen LogP) is 2.68. The van der Waals surface area contributed by atoms with E-state index in [1.165, 1.54) is 18.2 Å². The first-order valence-corrected chi connectivity index (χ1v) is 15.9. The average molecular weight is 681 g/mol. The Morgan fingerprint density at radius 3 is 2.39 bits per heavy atom. The molecule has 1 aromatic heterocycles. The lowest BCUT2D eigenvalue weighted by atomic mass is 9.80. The van der Waals surface area contributed by atoms with Crippen molar-refractivity contribution in [3.05, 3.63) is 35.8 Å². The largest absolute Gasteiger partial charge is 0.394 e. The maximum absolute atomic E-state index is 14.2. The van der Waals surface area contributed by atoms with Crippen molar-refractivity contribution in [2.75, 3.05) is 34.0 Å². The Labute approximate surface area is 266 Å². The number of halogens is 5. The third-order valence-corrected chi connectivity index (χ3v) is 10.7. The van der Waals surface area contributed by atoms with E-state index in [1.807, 2.05) is 0 Å². The van der Waals surface area contributed by atoms with Gasteiger partial charge in [-0.1, -0.05) is 5.21 Å². The van der Waals surface area contributed by atoms with Gasteiger partial charge in [0.2, 0.25) is 11.8 Å². The number of carbonyl (C=O) groups is 1. The number of aliphatic hydroxyl groups excluding tert-OH is 2. The molecule has 46 heavy (non-hydrogen) atoms. The Kier molecular flexibility index (Phi) is 10.6. The highest BCUT2D eigenvalue weighted by molar-refractivity contribution is 8.01. The van der Waals surface area contributed by atoms with E-state index in [0.717, 1.165) is 28.6 Å². The van der Waals surface area contributed by atoms with Crippen molar-refractivity contribution in [2.24, 2.45) is 0 Å². The lowest BCUT2D eigenvalue weighted by Crippen LogP contribution is -2.59. The number of benzene rings is 1. The summed E-state index contributed by atoms with van der Waals surface area (Å²) in [5, 5.41) is 39.7. The van der Waals surface area contributed by atoms with E-state index in [9.17, 15) is 42.1 Å². The van der Waals surface area contributed by atoms with Crippen LogP contribution in [0.3, 0.4) is 0 Å². The molecule has 256 valence electrons. The van der Waals surface area contributed by atoms with Crippen LogP contribution in [0.4, 0.5) is 22.0 Å². The first-order valence-electron chi connectivity index (χ1n) is 14.9. The molecule has 1 saturated carbocycles. The lowest BCUT2D eigenvalue weighted by Gasteiger charge is -2.47. The fraction of sp³-hybridized carbons (Fsp3) is 0.690. The van der Waals surface area contributed by atoms with Crippen LogP contribution < -0.4 is 0 Å². The van der Waals surface area contributed by atoms with Gasteiger partial charge in [-0.3, -0.25) is 4.79 Å². The van der Waals surface area contributed by atoms with Gasteiger partial charge in [0.1, 0.15) is 40.7 Å². The molecule has 17 heteroatoms. The molecule has 0 unspecified atom stereocenters. The third-order valence-electron chi connectivity index (χ3n) is 9.11. The molecule has 0 radical (unpaired) electrons. The second kappa shape index (κ2) is 14.0. The van der Waals surface area contributed by atoms with Gasteiger partial charge in [0.25, 0.3) is 0 Å². The van der Waals surface area contributed by atoms with Crippen LogP contribution in [0.5, 0.6) is 0 Å². The zero-order valence-electron chi connectivity index (χ0n) is 25.2. The van der Waals surface area contributed by atoms with Crippen molar-refractivity contribution < 1.29 is 56.3 Å². The van der Waals surface area contributed by atoms with E-state index in [1.54, 1.807) is 7.05 Å². The van der Waals surface area contributed by atoms with Gasteiger partial charge in [0.15, 0.2) is 17.5 Å². The zero-order chi connectivity index (χ0) is 33.4. The fourth-order valence-corrected chi connectivity index (χ4v) is 7.95. The van der Waals surface area contributed by atoms with Crippen molar-refractivity contribution in [3.8, 4) is 11.3 Å². The van der Waals surface area contributed by atoms with Gasteiger partial charge in [-0.05, 0) is 37.8 Å². The van der Waals surface area contributed by atoms with Crippen molar-refractivity contribution in [1.82, 2.24) is 19.9 Å². The van der Waals surface area contributed by atoms with E-state index < -0.39 is 89.4 Å². The highest BCUT2D eigenvalue weighted by atomic mass is 32.2. The van der Waals surface area contributed by atoms with Crippen LogP contribution in [0.25, 0.3) is 11.3 Å². The number of aromatic nitrogens is 3. The Bertz CT molecular complexity index is 1350. The highest BCUT2D eigenvalue weighted by Crippen LogP contribution is 2.47. The predicted molar refractivity (Wildman–Crippen MR) is 153 cm³/mol. The summed E-state index contributed by atoms with van der Waals surface area (Å²) in [6.45, 7) is 0.185. The number of thioether (sulfide) groups is 1. The Morgan fingerprint density at radius 1 is 1.17 bits per heavy atom. The van der Waals surface area contributed by atoms with Gasteiger partial charge >= 0.3 is 0 Å². The standard InChI is InChI=1S/C29H37F5N4O7S/c1-37(16-3-9-44-10-4-16)26(41)25(28(42)5-7-29(33,34)8-6-28)46-27-24(43-2)22(23(40)20(14-39)45-27)38-13-19(35-36-38)15-11-17(30)21(32)18(31)12-15/h11-13,16,20,22-25,27,39-40,42H,3-10,14H2,1-2H3/t20-,22+,23+,24-,25-,27+/m1/s1. The van der Waals surface area contributed by atoms with Gasteiger partial charge in [-0.25, -0.2) is 26.6 Å². The van der Waals surface area contributed by atoms with Gasteiger partial charge in [0.05, 0.1) is 18.4 Å². The third kappa shape index (κ3) is 7.05. The quantitative estimate of drug-likeness (QED) is 0.268. The van der Waals surface area contributed by atoms with Crippen LogP contribution >= 0.6 is 11.8 Å². The number of alkyl halides is 2. The van der Waals surface area contributed by atoms with Crippen molar-refractivity contribution in [3.63, 3.8) is 0 Å². The van der Waals surface area contributed by atoms with Crippen molar-refractivity contribution in [2.45, 2.75) is 91.1 Å². The van der Waals surface area contributed by atoms with E-state index in [2.05, 4.69) is 10.3 Å². The average Bonchev–Trinajstić information content (AvgIpc) is 3.53. The molecule has 5 rings (SSSR count). The summed E-state index contributed by atoms with van der Waals surface area (Å²) in [4.78, 5) is 15.6. The monoisotopic (exact) mass is 680 g/mol. The fourth-order valence-electron chi connectivity index (χ4n) is 6.28. The molecule has 0 spiro atoms. The zero-order valence-corrected chi connectivity index (χ0v) is 26.0. The molecule has 1 aliphatic carbocycles. The topological polar surface area (TPSA) is 139 Å². The second-order valence-electron chi connectivity index (χ2n) is 12.0. The van der Waals surface area contributed by atoms with E-state index in [-0.39, 0.29) is 30.1 Å².